The highest BCUT2D eigenvalue weighted by atomic mass is 35.5. The summed E-state index contributed by atoms with van der Waals surface area (Å²) in [6, 6.07) is 25.1. The minimum atomic E-state index is -0.652. The van der Waals surface area contributed by atoms with Crippen LogP contribution < -0.4 is 5.32 Å². The lowest BCUT2D eigenvalue weighted by atomic mass is 9.99. The lowest BCUT2D eigenvalue weighted by Gasteiger charge is -2.34. The number of carbonyl (C=O) groups excluding carboxylic acids is 2. The Hall–Kier alpha value is -3.11. The Morgan fingerprint density at radius 1 is 0.861 bits per heavy atom. The first-order valence-corrected chi connectivity index (χ1v) is 13.0. The smallest absolute Gasteiger partial charge is 0.243 e. The summed E-state index contributed by atoms with van der Waals surface area (Å²) in [7, 11) is 0. The Morgan fingerprint density at radius 2 is 1.50 bits per heavy atom. The molecule has 0 unspecified atom stereocenters. The molecule has 0 aromatic heterocycles. The van der Waals surface area contributed by atoms with Gasteiger partial charge in [0.15, 0.2) is 0 Å². The number of halogens is 1. The molecule has 36 heavy (non-hydrogen) atoms. The van der Waals surface area contributed by atoms with E-state index >= 15 is 0 Å². The minimum absolute atomic E-state index is 0.0560. The Kier molecular flexibility index (Phi) is 9.72. The van der Waals surface area contributed by atoms with Gasteiger partial charge in [0.2, 0.25) is 11.8 Å². The molecule has 0 saturated carbocycles. The van der Waals surface area contributed by atoms with Crippen molar-refractivity contribution in [3.05, 3.63) is 106 Å². The molecule has 2 amide bonds. The van der Waals surface area contributed by atoms with Crippen molar-refractivity contribution in [2.75, 3.05) is 0 Å². The van der Waals surface area contributed by atoms with Crippen LogP contribution in [0, 0.1) is 0 Å². The fraction of sp³-hybridized carbons (Fsp3) is 0.355. The average Bonchev–Trinajstić information content (AvgIpc) is 2.84. The maximum Gasteiger partial charge on any atom is 0.243 e. The molecule has 0 aliphatic rings. The van der Waals surface area contributed by atoms with Crippen molar-refractivity contribution < 1.29 is 9.59 Å². The van der Waals surface area contributed by atoms with Crippen molar-refractivity contribution in [2.24, 2.45) is 0 Å². The largest absolute Gasteiger partial charge is 0.350 e. The normalized spacial score (nSPS) is 12.1. The maximum atomic E-state index is 13.7. The molecule has 4 nitrogen and oxygen atoms in total. The van der Waals surface area contributed by atoms with E-state index in [4.69, 9.17) is 11.6 Å². The number of nitrogens with one attached hydrogen (secondary N) is 1. The topological polar surface area (TPSA) is 49.4 Å². The Morgan fingerprint density at radius 3 is 2.11 bits per heavy atom. The molecule has 0 fully saturated rings. The lowest BCUT2D eigenvalue weighted by molar-refractivity contribution is -0.141. The number of nitrogens with zero attached hydrogens (tertiary/aromatic N) is 1. The molecule has 0 heterocycles. The summed E-state index contributed by atoms with van der Waals surface area (Å²) < 4.78 is 0. The lowest BCUT2D eigenvalue weighted by Crippen LogP contribution is -2.54. The van der Waals surface area contributed by atoms with Crippen LogP contribution >= 0.6 is 11.6 Å². The van der Waals surface area contributed by atoms with Crippen molar-refractivity contribution >= 4 is 23.4 Å². The van der Waals surface area contributed by atoms with E-state index in [2.05, 4.69) is 36.5 Å². The van der Waals surface area contributed by atoms with Crippen molar-refractivity contribution in [1.29, 1.82) is 0 Å². The third-order valence-electron chi connectivity index (χ3n) is 6.07. The van der Waals surface area contributed by atoms with Crippen LogP contribution in [0.3, 0.4) is 0 Å². The van der Waals surface area contributed by atoms with Crippen molar-refractivity contribution in [3.63, 3.8) is 0 Å². The zero-order chi connectivity index (χ0) is 26.1. The third-order valence-corrected chi connectivity index (χ3v) is 6.31. The monoisotopic (exact) mass is 504 g/mol. The van der Waals surface area contributed by atoms with E-state index in [1.807, 2.05) is 75.4 Å². The summed E-state index contributed by atoms with van der Waals surface area (Å²) in [5.74, 6) is -0.214. The molecular weight excluding hydrogens is 468 g/mol. The van der Waals surface area contributed by atoms with Gasteiger partial charge < -0.3 is 10.2 Å². The fourth-order valence-electron chi connectivity index (χ4n) is 4.18. The summed E-state index contributed by atoms with van der Waals surface area (Å²) >= 11 is 6.25. The fourth-order valence-corrected chi connectivity index (χ4v) is 4.39. The van der Waals surface area contributed by atoms with Gasteiger partial charge in [0.05, 0.1) is 0 Å². The molecule has 0 aliphatic heterocycles. The second-order valence-corrected chi connectivity index (χ2v) is 10.7. The molecule has 0 aliphatic carbocycles. The molecule has 0 saturated heterocycles. The molecule has 1 N–H and O–H groups in total. The van der Waals surface area contributed by atoms with E-state index in [0.717, 1.165) is 23.1 Å². The van der Waals surface area contributed by atoms with E-state index < -0.39 is 11.6 Å². The Balaban J connectivity index is 1.91. The molecule has 5 heteroatoms. The number of rotatable bonds is 10. The summed E-state index contributed by atoms with van der Waals surface area (Å²) in [5, 5.41) is 3.71. The summed E-state index contributed by atoms with van der Waals surface area (Å²) in [5.41, 5.74) is 3.87. The second-order valence-electron chi connectivity index (χ2n) is 10.3. The molecule has 3 aromatic carbocycles. The first-order valence-electron chi connectivity index (χ1n) is 12.6. The van der Waals surface area contributed by atoms with Crippen molar-refractivity contribution in [2.45, 2.75) is 71.5 Å². The predicted molar refractivity (Wildman–Crippen MR) is 148 cm³/mol. The number of aryl methyl sites for hydroxylation is 2. The summed E-state index contributed by atoms with van der Waals surface area (Å²) in [6.07, 6.45) is 2.35. The molecule has 3 aromatic rings. The minimum Gasteiger partial charge on any atom is -0.350 e. The van der Waals surface area contributed by atoms with Gasteiger partial charge >= 0.3 is 0 Å². The molecule has 0 spiro atoms. The van der Waals surface area contributed by atoms with Crippen LogP contribution in [-0.4, -0.2) is 28.3 Å². The zero-order valence-electron chi connectivity index (χ0n) is 21.8. The number of carbonyl (C=O) groups is 2. The maximum absolute atomic E-state index is 13.7. The highest BCUT2D eigenvalue weighted by molar-refractivity contribution is 6.30. The van der Waals surface area contributed by atoms with Gasteiger partial charge in [0, 0.05) is 29.9 Å². The molecule has 0 radical (unpaired) electrons. The third kappa shape index (κ3) is 8.53. The molecule has 1 atom stereocenters. The van der Waals surface area contributed by atoms with Crippen LogP contribution in [0.25, 0.3) is 0 Å². The van der Waals surface area contributed by atoms with E-state index in [1.54, 1.807) is 4.90 Å². The van der Waals surface area contributed by atoms with E-state index in [0.29, 0.717) is 30.8 Å². The number of benzene rings is 3. The van der Waals surface area contributed by atoms with Gasteiger partial charge in [-0.15, -0.1) is 0 Å². The first kappa shape index (κ1) is 27.5. The van der Waals surface area contributed by atoms with Gasteiger partial charge in [-0.05, 0) is 68.0 Å². The highest BCUT2D eigenvalue weighted by Crippen LogP contribution is 2.20. The van der Waals surface area contributed by atoms with Gasteiger partial charge in [0.1, 0.15) is 6.04 Å². The van der Waals surface area contributed by atoms with Gasteiger partial charge in [-0.1, -0.05) is 85.3 Å². The summed E-state index contributed by atoms with van der Waals surface area (Å²) in [4.78, 5) is 29.0. The summed E-state index contributed by atoms with van der Waals surface area (Å²) in [6.45, 7) is 8.29. The van der Waals surface area contributed by atoms with Crippen molar-refractivity contribution in [1.82, 2.24) is 10.2 Å². The zero-order valence-corrected chi connectivity index (χ0v) is 22.5. The van der Waals surface area contributed by atoms with Gasteiger partial charge in [-0.2, -0.15) is 0 Å². The Bertz CT molecular complexity index is 1140. The number of amides is 2. The molecule has 0 bridgehead atoms. The standard InChI is InChI=1S/C31H37ClN2O2/c1-5-23-14-16-24(17-15-23)18-19-29(35)34(22-26-12-9-13-27(32)20-26)28(30(36)33-31(2,3)4)21-25-10-7-6-8-11-25/h6-17,20,28H,5,18-19,21-22H2,1-4H3,(H,33,36)/t28-/m1/s1. The van der Waals surface area contributed by atoms with E-state index in [-0.39, 0.29) is 11.8 Å². The van der Waals surface area contributed by atoms with E-state index in [9.17, 15) is 9.59 Å². The average molecular weight is 505 g/mol. The van der Waals surface area contributed by atoms with E-state index in [1.165, 1.54) is 5.56 Å². The first-order chi connectivity index (χ1) is 17.1. The van der Waals surface area contributed by atoms with Crippen LogP contribution in [0.2, 0.25) is 5.02 Å². The van der Waals surface area contributed by atoms with Gasteiger partial charge in [0.25, 0.3) is 0 Å². The van der Waals surface area contributed by atoms with Crippen LogP contribution in [0.15, 0.2) is 78.9 Å². The van der Waals surface area contributed by atoms with Crippen LogP contribution in [0.1, 0.15) is 56.4 Å². The van der Waals surface area contributed by atoms with Gasteiger partial charge in [-0.25, -0.2) is 0 Å². The predicted octanol–water partition coefficient (Wildman–Crippen LogP) is 6.39. The molecule has 190 valence electrons. The molecular formula is C31H37ClN2O2. The SMILES string of the molecule is CCc1ccc(CCC(=O)N(Cc2cccc(Cl)c2)[C@H](Cc2ccccc2)C(=O)NC(C)(C)C)cc1. The highest BCUT2D eigenvalue weighted by Gasteiger charge is 2.32. The number of hydrogen-bond donors (Lipinski definition) is 1. The van der Waals surface area contributed by atoms with Crippen LogP contribution in [0.4, 0.5) is 0 Å². The van der Waals surface area contributed by atoms with Crippen LogP contribution in [0.5, 0.6) is 0 Å². The quantitative estimate of drug-likeness (QED) is 0.348. The Labute approximate surface area is 220 Å². The van der Waals surface area contributed by atoms with Crippen LogP contribution in [-0.2, 0) is 35.4 Å². The van der Waals surface area contributed by atoms with Crippen molar-refractivity contribution in [3.8, 4) is 0 Å². The number of hydrogen-bond acceptors (Lipinski definition) is 2. The molecule has 3 rings (SSSR count). The van der Waals surface area contributed by atoms with Gasteiger partial charge in [-0.3, -0.25) is 9.59 Å². The second kappa shape index (κ2) is 12.7.